The summed E-state index contributed by atoms with van der Waals surface area (Å²) in [6.07, 6.45) is 0.846. The Balaban J connectivity index is 2.82. The molecule has 0 aliphatic heterocycles. The Morgan fingerprint density at radius 3 is 2.71 bits per heavy atom. The summed E-state index contributed by atoms with van der Waals surface area (Å²) in [5.74, 6) is -0.219. The molecule has 0 spiro atoms. The Hall–Kier alpha value is -1.62. The number of carboxylic acids is 1. The molecule has 0 radical (unpaired) electrons. The number of ether oxygens (including phenoxy) is 2. The highest BCUT2D eigenvalue weighted by atomic mass is 16.5. The van der Waals surface area contributed by atoms with Gasteiger partial charge in [-0.05, 0) is 20.8 Å². The molecule has 0 fully saturated rings. The van der Waals surface area contributed by atoms with E-state index in [2.05, 4.69) is 4.98 Å². The SMILES string of the molecule is COc1c(C)cnc(CO[C@@H](C)C(=O)O)c1C. The standard InChI is InChI=1S/C12H17NO4/c1-7-5-13-10(8(2)11(7)16-4)6-17-9(3)12(14)15/h5,9H,6H2,1-4H3,(H,14,15)/t9-/m0/s1. The summed E-state index contributed by atoms with van der Waals surface area (Å²) in [6.45, 7) is 5.44. The second kappa shape index (κ2) is 5.63. The molecule has 0 unspecified atom stereocenters. The van der Waals surface area contributed by atoms with Crippen molar-refractivity contribution in [2.45, 2.75) is 33.5 Å². The van der Waals surface area contributed by atoms with Gasteiger partial charge in [-0.2, -0.15) is 0 Å². The molecular formula is C12H17NO4. The lowest BCUT2D eigenvalue weighted by molar-refractivity contribution is -0.149. The number of nitrogens with zero attached hydrogens (tertiary/aromatic N) is 1. The quantitative estimate of drug-likeness (QED) is 0.846. The fourth-order valence-corrected chi connectivity index (χ4v) is 1.49. The topological polar surface area (TPSA) is 68.7 Å². The van der Waals surface area contributed by atoms with Crippen LogP contribution in [-0.4, -0.2) is 29.3 Å². The smallest absolute Gasteiger partial charge is 0.332 e. The van der Waals surface area contributed by atoms with Gasteiger partial charge < -0.3 is 14.6 Å². The summed E-state index contributed by atoms with van der Waals surface area (Å²) in [7, 11) is 1.60. The molecule has 0 saturated heterocycles. The van der Waals surface area contributed by atoms with Crippen LogP contribution in [-0.2, 0) is 16.1 Å². The van der Waals surface area contributed by atoms with Crippen molar-refractivity contribution < 1.29 is 19.4 Å². The van der Waals surface area contributed by atoms with Gasteiger partial charge in [0.2, 0.25) is 0 Å². The van der Waals surface area contributed by atoms with E-state index >= 15 is 0 Å². The second-order valence-corrected chi connectivity index (χ2v) is 3.84. The Morgan fingerprint density at radius 1 is 1.53 bits per heavy atom. The maximum Gasteiger partial charge on any atom is 0.332 e. The summed E-state index contributed by atoms with van der Waals surface area (Å²) in [5, 5.41) is 8.70. The lowest BCUT2D eigenvalue weighted by atomic mass is 10.1. The monoisotopic (exact) mass is 239 g/mol. The maximum atomic E-state index is 10.6. The lowest BCUT2D eigenvalue weighted by Gasteiger charge is -2.13. The molecule has 0 aliphatic rings. The van der Waals surface area contributed by atoms with E-state index in [1.165, 1.54) is 6.92 Å². The fourth-order valence-electron chi connectivity index (χ4n) is 1.49. The third-order valence-electron chi connectivity index (χ3n) is 2.57. The number of carbonyl (C=O) groups is 1. The number of rotatable bonds is 5. The number of hydrogen-bond donors (Lipinski definition) is 1. The van der Waals surface area contributed by atoms with Crippen LogP contribution >= 0.6 is 0 Å². The minimum atomic E-state index is -0.985. The molecule has 0 saturated carbocycles. The Labute approximate surface area is 100 Å². The zero-order valence-electron chi connectivity index (χ0n) is 10.5. The summed E-state index contributed by atoms with van der Waals surface area (Å²) in [6, 6.07) is 0. The van der Waals surface area contributed by atoms with Crippen LogP contribution in [0, 0.1) is 13.8 Å². The van der Waals surface area contributed by atoms with Crippen molar-refractivity contribution in [1.29, 1.82) is 0 Å². The van der Waals surface area contributed by atoms with E-state index in [0.717, 1.165) is 16.9 Å². The van der Waals surface area contributed by atoms with Gasteiger partial charge in [-0.1, -0.05) is 0 Å². The van der Waals surface area contributed by atoms with Gasteiger partial charge in [0.25, 0.3) is 0 Å². The van der Waals surface area contributed by atoms with E-state index in [-0.39, 0.29) is 6.61 Å². The summed E-state index contributed by atoms with van der Waals surface area (Å²) in [5.41, 5.74) is 2.52. The van der Waals surface area contributed by atoms with Crippen molar-refractivity contribution in [3.63, 3.8) is 0 Å². The van der Waals surface area contributed by atoms with Gasteiger partial charge >= 0.3 is 5.97 Å². The van der Waals surface area contributed by atoms with Crippen LogP contribution in [0.2, 0.25) is 0 Å². The van der Waals surface area contributed by atoms with Crippen LogP contribution in [0.15, 0.2) is 6.20 Å². The van der Waals surface area contributed by atoms with Crippen LogP contribution in [0.5, 0.6) is 5.75 Å². The average Bonchev–Trinajstić information content (AvgIpc) is 2.28. The molecule has 1 rings (SSSR count). The lowest BCUT2D eigenvalue weighted by Crippen LogP contribution is -2.20. The Kier molecular flexibility index (Phi) is 4.45. The van der Waals surface area contributed by atoms with Gasteiger partial charge in [-0.25, -0.2) is 4.79 Å². The van der Waals surface area contributed by atoms with E-state index in [1.54, 1.807) is 13.3 Å². The molecule has 1 heterocycles. The van der Waals surface area contributed by atoms with Crippen molar-refractivity contribution in [3.8, 4) is 5.75 Å². The van der Waals surface area contributed by atoms with E-state index in [0.29, 0.717) is 5.69 Å². The average molecular weight is 239 g/mol. The number of hydrogen-bond acceptors (Lipinski definition) is 4. The molecule has 5 heteroatoms. The summed E-state index contributed by atoms with van der Waals surface area (Å²) >= 11 is 0. The second-order valence-electron chi connectivity index (χ2n) is 3.84. The molecule has 1 aromatic heterocycles. The molecule has 0 bridgehead atoms. The molecule has 0 aromatic carbocycles. The van der Waals surface area contributed by atoms with Gasteiger partial charge in [0, 0.05) is 17.3 Å². The number of pyridine rings is 1. The highest BCUT2D eigenvalue weighted by Crippen LogP contribution is 2.24. The maximum absolute atomic E-state index is 10.6. The molecule has 0 aliphatic carbocycles. The summed E-state index contributed by atoms with van der Waals surface area (Å²) in [4.78, 5) is 14.8. The first kappa shape index (κ1) is 13.4. The molecule has 5 nitrogen and oxygen atoms in total. The van der Waals surface area contributed by atoms with Crippen LogP contribution in [0.4, 0.5) is 0 Å². The number of aromatic nitrogens is 1. The zero-order chi connectivity index (χ0) is 13.0. The van der Waals surface area contributed by atoms with E-state index in [1.807, 2.05) is 13.8 Å². The van der Waals surface area contributed by atoms with Crippen LogP contribution < -0.4 is 4.74 Å². The number of aryl methyl sites for hydroxylation is 1. The first-order valence-electron chi connectivity index (χ1n) is 5.30. The largest absolute Gasteiger partial charge is 0.496 e. The Bertz CT molecular complexity index is 417. The zero-order valence-corrected chi connectivity index (χ0v) is 10.5. The number of methoxy groups -OCH3 is 1. The minimum Gasteiger partial charge on any atom is -0.496 e. The third kappa shape index (κ3) is 3.17. The molecule has 1 aromatic rings. The van der Waals surface area contributed by atoms with Crippen LogP contribution in [0.1, 0.15) is 23.7 Å². The number of aliphatic carboxylic acids is 1. The number of carboxylic acid groups (broad SMARTS) is 1. The van der Waals surface area contributed by atoms with E-state index in [9.17, 15) is 4.79 Å². The normalized spacial score (nSPS) is 12.2. The summed E-state index contributed by atoms with van der Waals surface area (Å²) < 4.78 is 10.5. The van der Waals surface area contributed by atoms with Gasteiger partial charge in [0.15, 0.2) is 6.10 Å². The highest BCUT2D eigenvalue weighted by Gasteiger charge is 2.14. The van der Waals surface area contributed by atoms with Gasteiger partial charge in [0.05, 0.1) is 19.4 Å². The molecule has 17 heavy (non-hydrogen) atoms. The highest BCUT2D eigenvalue weighted by molar-refractivity contribution is 5.71. The predicted molar refractivity (Wildman–Crippen MR) is 62.1 cm³/mol. The first-order chi connectivity index (χ1) is 7.97. The van der Waals surface area contributed by atoms with Gasteiger partial charge in [0.1, 0.15) is 5.75 Å². The molecule has 1 N–H and O–H groups in total. The minimum absolute atomic E-state index is 0.163. The van der Waals surface area contributed by atoms with E-state index in [4.69, 9.17) is 14.6 Å². The van der Waals surface area contributed by atoms with Gasteiger partial charge in [-0.3, -0.25) is 4.98 Å². The third-order valence-corrected chi connectivity index (χ3v) is 2.57. The van der Waals surface area contributed by atoms with Crippen molar-refractivity contribution in [3.05, 3.63) is 23.0 Å². The van der Waals surface area contributed by atoms with E-state index < -0.39 is 12.1 Å². The van der Waals surface area contributed by atoms with Crippen molar-refractivity contribution in [2.24, 2.45) is 0 Å². The molecular weight excluding hydrogens is 222 g/mol. The molecule has 1 atom stereocenters. The van der Waals surface area contributed by atoms with Gasteiger partial charge in [-0.15, -0.1) is 0 Å². The van der Waals surface area contributed by atoms with Crippen molar-refractivity contribution in [1.82, 2.24) is 4.98 Å². The molecule has 94 valence electrons. The predicted octanol–water partition coefficient (Wildman–Crippen LogP) is 1.70. The van der Waals surface area contributed by atoms with Crippen molar-refractivity contribution >= 4 is 5.97 Å². The van der Waals surface area contributed by atoms with Crippen molar-refractivity contribution in [2.75, 3.05) is 7.11 Å². The fraction of sp³-hybridized carbons (Fsp3) is 0.500. The van der Waals surface area contributed by atoms with Crippen LogP contribution in [0.3, 0.4) is 0 Å². The Morgan fingerprint density at radius 2 is 2.18 bits per heavy atom. The molecule has 0 amide bonds. The first-order valence-corrected chi connectivity index (χ1v) is 5.30. The van der Waals surface area contributed by atoms with Crippen LogP contribution in [0.25, 0.3) is 0 Å².